The number of rotatable bonds is 6. The van der Waals surface area contributed by atoms with Crippen molar-refractivity contribution < 1.29 is 4.92 Å². The number of nitro groups is 1. The van der Waals surface area contributed by atoms with Gasteiger partial charge in [-0.2, -0.15) is 0 Å². The van der Waals surface area contributed by atoms with Crippen LogP contribution >= 0.6 is 19.5 Å². The zero-order valence-corrected chi connectivity index (χ0v) is 17.3. The minimum Gasteiger partial charge on any atom is -0.258 e. The van der Waals surface area contributed by atoms with Gasteiger partial charge in [0.2, 0.25) is 0 Å². The van der Waals surface area contributed by atoms with E-state index in [1.54, 1.807) is 12.1 Å². The van der Waals surface area contributed by atoms with Gasteiger partial charge in [0, 0.05) is 50.4 Å². The van der Waals surface area contributed by atoms with Gasteiger partial charge in [0.05, 0.1) is 4.92 Å². The summed E-state index contributed by atoms with van der Waals surface area (Å²) in [5.41, 5.74) is 0.674. The number of nitrogens with one attached hydrogen (secondary N) is 1. The third-order valence-electron chi connectivity index (χ3n) is 5.86. The van der Waals surface area contributed by atoms with Crippen molar-refractivity contribution in [2.24, 2.45) is 0 Å². The zero-order valence-electron chi connectivity index (χ0n) is 15.6. The molecule has 7 nitrogen and oxygen atoms in total. The minimum absolute atomic E-state index is 0.0736. The Hall–Kier alpha value is -0.980. The van der Waals surface area contributed by atoms with E-state index < -0.39 is 7.87 Å². The van der Waals surface area contributed by atoms with Gasteiger partial charge >= 0.3 is 7.87 Å². The second-order valence-electron chi connectivity index (χ2n) is 7.58. The number of anilines is 1. The Balaban J connectivity index is 1.78. The van der Waals surface area contributed by atoms with Gasteiger partial charge in [-0.1, -0.05) is 11.6 Å². The van der Waals surface area contributed by atoms with Gasteiger partial charge in [0.1, 0.15) is 0 Å². The molecule has 9 heteroatoms. The third-order valence-corrected chi connectivity index (χ3v) is 10.2. The Morgan fingerprint density at radius 2 is 1.33 bits per heavy atom. The first-order valence-corrected chi connectivity index (χ1v) is 12.0. The van der Waals surface area contributed by atoms with Crippen molar-refractivity contribution in [2.75, 3.05) is 44.4 Å². The van der Waals surface area contributed by atoms with Gasteiger partial charge in [-0.15, -0.1) is 14.0 Å². The van der Waals surface area contributed by atoms with Crippen LogP contribution in [0.15, 0.2) is 18.2 Å². The second kappa shape index (κ2) is 8.18. The second-order valence-corrected chi connectivity index (χ2v) is 11.1. The summed E-state index contributed by atoms with van der Waals surface area (Å²) in [5, 5.41) is 15.9. The average molecular weight is 413 g/mol. The molecule has 0 spiro atoms. The molecule has 0 saturated carbocycles. The summed E-state index contributed by atoms with van der Waals surface area (Å²) in [6.45, 7) is 6.39. The van der Waals surface area contributed by atoms with Gasteiger partial charge in [0.25, 0.3) is 5.69 Å². The summed E-state index contributed by atoms with van der Waals surface area (Å²) >= 11 is 6.06. The van der Waals surface area contributed by atoms with E-state index in [2.05, 4.69) is 19.1 Å². The van der Waals surface area contributed by atoms with E-state index in [-0.39, 0.29) is 10.6 Å². The van der Waals surface area contributed by atoms with Crippen molar-refractivity contribution in [3.8, 4) is 0 Å². The maximum Gasteiger partial charge on any atom is 0.330 e. The molecule has 0 aliphatic carbocycles. The molecular formula is C18H28ClN5O2P+. The predicted octanol–water partition coefficient (Wildman–Crippen LogP) is 4.63. The van der Waals surface area contributed by atoms with Crippen molar-refractivity contribution in [1.29, 1.82) is 0 Å². The van der Waals surface area contributed by atoms with E-state index in [9.17, 15) is 10.1 Å². The molecule has 3 fully saturated rings. The van der Waals surface area contributed by atoms with Crippen LogP contribution in [-0.4, -0.2) is 58.2 Å². The van der Waals surface area contributed by atoms with Gasteiger partial charge in [-0.05, 0) is 50.7 Å². The monoisotopic (exact) mass is 412 g/mol. The minimum atomic E-state index is -2.04. The van der Waals surface area contributed by atoms with Gasteiger partial charge in [-0.25, -0.2) is 5.09 Å². The average Bonchev–Trinajstić information content (AvgIpc) is 3.44. The summed E-state index contributed by atoms with van der Waals surface area (Å²) in [6, 6.07) is 5.01. The maximum atomic E-state index is 11.7. The molecule has 4 rings (SSSR count). The van der Waals surface area contributed by atoms with Crippen LogP contribution in [-0.2, 0) is 0 Å². The first-order valence-electron chi connectivity index (χ1n) is 9.99. The SMILES string of the molecule is O=[N+]([O-])c1cc(Cl)ccc1N[P+](N1CCCC1)(N1CCCC1)N1CCCC1. The van der Waals surface area contributed by atoms with Crippen molar-refractivity contribution in [2.45, 2.75) is 38.5 Å². The summed E-state index contributed by atoms with van der Waals surface area (Å²) in [4.78, 5) is 11.4. The van der Waals surface area contributed by atoms with Crippen LogP contribution in [0.3, 0.4) is 0 Å². The Bertz CT molecular complexity index is 648. The molecule has 3 aliphatic heterocycles. The number of nitrogens with zero attached hydrogens (tertiary/aromatic N) is 4. The topological polar surface area (TPSA) is 64.9 Å². The molecular weight excluding hydrogens is 385 g/mol. The largest absolute Gasteiger partial charge is 0.330 e. The van der Waals surface area contributed by atoms with Crippen LogP contribution in [0.1, 0.15) is 38.5 Å². The van der Waals surface area contributed by atoms with E-state index in [1.807, 2.05) is 0 Å². The molecule has 1 aromatic carbocycles. The molecule has 3 aliphatic rings. The molecule has 0 aromatic heterocycles. The Morgan fingerprint density at radius 3 is 1.74 bits per heavy atom. The van der Waals surface area contributed by atoms with Gasteiger partial charge in [0.15, 0.2) is 5.69 Å². The van der Waals surface area contributed by atoms with Crippen LogP contribution in [0, 0.1) is 10.1 Å². The van der Waals surface area contributed by atoms with Crippen molar-refractivity contribution in [1.82, 2.24) is 14.0 Å². The number of halogens is 1. The van der Waals surface area contributed by atoms with Crippen molar-refractivity contribution in [3.05, 3.63) is 33.3 Å². The molecule has 3 saturated heterocycles. The standard InChI is InChI=1S/C18H28ClN5O2P/c19-16-7-8-17(18(15-16)24(25)26)20-27(21-9-1-2-10-21,22-11-3-4-12-22)23-13-5-6-14-23/h7-8,15,20H,1-6,9-14H2/q+1. The van der Waals surface area contributed by atoms with E-state index in [0.717, 1.165) is 39.3 Å². The van der Waals surface area contributed by atoms with Crippen molar-refractivity contribution in [3.63, 3.8) is 0 Å². The van der Waals surface area contributed by atoms with E-state index in [1.165, 1.54) is 44.6 Å². The van der Waals surface area contributed by atoms with E-state index >= 15 is 0 Å². The maximum absolute atomic E-state index is 11.7. The zero-order chi connectivity index (χ0) is 18.9. The van der Waals surface area contributed by atoms with Gasteiger partial charge in [-0.3, -0.25) is 10.1 Å². The lowest BCUT2D eigenvalue weighted by molar-refractivity contribution is -0.383. The third kappa shape index (κ3) is 3.68. The fourth-order valence-corrected chi connectivity index (χ4v) is 9.30. The van der Waals surface area contributed by atoms with E-state index in [4.69, 9.17) is 11.6 Å². The van der Waals surface area contributed by atoms with Crippen LogP contribution in [0.2, 0.25) is 5.02 Å². The molecule has 1 N–H and O–H groups in total. The molecule has 1 aromatic rings. The molecule has 0 bridgehead atoms. The lowest BCUT2D eigenvalue weighted by Crippen LogP contribution is -2.46. The quantitative estimate of drug-likeness (QED) is 0.417. The van der Waals surface area contributed by atoms with Crippen molar-refractivity contribution >= 4 is 30.8 Å². The molecule has 0 atom stereocenters. The predicted molar refractivity (Wildman–Crippen MR) is 111 cm³/mol. The number of hydrogen-bond acceptors (Lipinski definition) is 6. The first kappa shape index (κ1) is 19.3. The Morgan fingerprint density at radius 1 is 0.889 bits per heavy atom. The van der Waals surface area contributed by atoms with Crippen LogP contribution < -0.4 is 5.09 Å². The first-order chi connectivity index (χ1) is 13.1. The molecule has 3 heterocycles. The molecule has 27 heavy (non-hydrogen) atoms. The fraction of sp³-hybridized carbons (Fsp3) is 0.667. The summed E-state index contributed by atoms with van der Waals surface area (Å²) in [6.07, 6.45) is 7.21. The Labute approximate surface area is 166 Å². The number of nitro benzene ring substituents is 1. The molecule has 0 radical (unpaired) electrons. The highest BCUT2D eigenvalue weighted by molar-refractivity contribution is 7.70. The fourth-order valence-electron chi connectivity index (χ4n) is 4.60. The van der Waals surface area contributed by atoms with Gasteiger partial charge < -0.3 is 0 Å². The van der Waals surface area contributed by atoms with E-state index in [0.29, 0.717) is 10.7 Å². The molecule has 0 amide bonds. The highest BCUT2D eigenvalue weighted by atomic mass is 35.5. The van der Waals surface area contributed by atoms with Crippen LogP contribution in [0.4, 0.5) is 11.4 Å². The molecule has 0 unspecified atom stereocenters. The Kier molecular flexibility index (Phi) is 5.86. The number of hydrogen-bond donors (Lipinski definition) is 1. The summed E-state index contributed by atoms with van der Waals surface area (Å²) < 4.78 is 7.84. The molecule has 148 valence electrons. The highest BCUT2D eigenvalue weighted by Crippen LogP contribution is 2.69. The summed E-state index contributed by atoms with van der Waals surface area (Å²) in [5.74, 6) is 0. The normalized spacial score (nSPS) is 22.6. The highest BCUT2D eigenvalue weighted by Gasteiger charge is 2.59. The van der Waals surface area contributed by atoms with Crippen LogP contribution in [0.25, 0.3) is 0 Å². The lowest BCUT2D eigenvalue weighted by Gasteiger charge is -2.43. The lowest BCUT2D eigenvalue weighted by atomic mass is 10.3. The summed E-state index contributed by atoms with van der Waals surface area (Å²) in [7, 11) is -2.04. The number of benzene rings is 1. The van der Waals surface area contributed by atoms with Crippen LogP contribution in [0.5, 0.6) is 0 Å². The smallest absolute Gasteiger partial charge is 0.258 e.